The van der Waals surface area contributed by atoms with Crippen molar-refractivity contribution >= 4 is 58.2 Å². The number of carbonyl (C=O) groups is 2. The van der Waals surface area contributed by atoms with Crippen LogP contribution in [0, 0.1) is 0 Å². The average Bonchev–Trinajstić information content (AvgIpc) is 3.15. The highest BCUT2D eigenvalue weighted by molar-refractivity contribution is 8.00. The van der Waals surface area contributed by atoms with Crippen molar-refractivity contribution in [2.24, 2.45) is 0 Å². The summed E-state index contributed by atoms with van der Waals surface area (Å²) >= 11 is 13.7. The Morgan fingerprint density at radius 3 is 2.50 bits per heavy atom. The normalized spacial score (nSPS) is 16.0. The van der Waals surface area contributed by atoms with E-state index in [4.69, 9.17) is 23.2 Å². The van der Waals surface area contributed by atoms with Gasteiger partial charge in [-0.1, -0.05) is 61.3 Å². The first-order valence-corrected chi connectivity index (χ1v) is 12.0. The Morgan fingerprint density at radius 1 is 1.06 bits per heavy atom. The van der Waals surface area contributed by atoms with Gasteiger partial charge in [-0.15, -0.1) is 11.8 Å². The number of rotatable bonds is 5. The molecular formula is C25H22Cl2N2O2S. The van der Waals surface area contributed by atoms with Crippen LogP contribution in [0.1, 0.15) is 46.6 Å². The fourth-order valence-corrected chi connectivity index (χ4v) is 5.27. The number of carbonyl (C=O) groups excluding carboxylic acids is 2. The van der Waals surface area contributed by atoms with Crippen LogP contribution in [0.2, 0.25) is 10.0 Å². The zero-order valence-electron chi connectivity index (χ0n) is 17.6. The molecule has 1 fully saturated rings. The maximum Gasteiger partial charge on any atom is 0.257 e. The van der Waals surface area contributed by atoms with E-state index in [-0.39, 0.29) is 17.2 Å². The number of nitrogens with zero attached hydrogens (tertiary/aromatic N) is 1. The lowest BCUT2D eigenvalue weighted by molar-refractivity contribution is -0.115. The Morgan fingerprint density at radius 2 is 1.81 bits per heavy atom. The Bertz CT molecular complexity index is 1160. The molecule has 0 bridgehead atoms. The van der Waals surface area contributed by atoms with Crippen molar-refractivity contribution in [1.82, 2.24) is 0 Å². The Balaban J connectivity index is 1.57. The molecule has 1 aliphatic rings. The molecule has 4 rings (SSSR count). The summed E-state index contributed by atoms with van der Waals surface area (Å²) in [4.78, 5) is 27.2. The fourth-order valence-electron chi connectivity index (χ4n) is 3.61. The summed E-state index contributed by atoms with van der Waals surface area (Å²) < 4.78 is 0. The van der Waals surface area contributed by atoms with E-state index in [1.54, 1.807) is 23.9 Å². The molecule has 0 aromatic heterocycles. The third-order valence-electron chi connectivity index (χ3n) is 5.31. The van der Waals surface area contributed by atoms with Crippen molar-refractivity contribution in [2.75, 3.05) is 16.0 Å². The zero-order valence-corrected chi connectivity index (χ0v) is 20.0. The molecule has 3 aromatic rings. The molecule has 1 unspecified atom stereocenters. The van der Waals surface area contributed by atoms with Gasteiger partial charge in [0, 0.05) is 16.4 Å². The van der Waals surface area contributed by atoms with Gasteiger partial charge >= 0.3 is 0 Å². The number of amides is 2. The third-order valence-corrected chi connectivity index (χ3v) is 7.07. The number of nitrogens with one attached hydrogen (secondary N) is 1. The Hall–Kier alpha value is -2.47. The Kier molecular flexibility index (Phi) is 6.79. The largest absolute Gasteiger partial charge is 0.322 e. The minimum atomic E-state index is -0.319. The summed E-state index contributed by atoms with van der Waals surface area (Å²) in [7, 11) is 0. The van der Waals surface area contributed by atoms with Crippen molar-refractivity contribution < 1.29 is 9.59 Å². The molecule has 32 heavy (non-hydrogen) atoms. The van der Waals surface area contributed by atoms with Crippen LogP contribution in [0.5, 0.6) is 0 Å². The molecule has 3 aromatic carbocycles. The number of halogens is 2. The molecule has 7 heteroatoms. The first-order valence-electron chi connectivity index (χ1n) is 10.2. The van der Waals surface area contributed by atoms with Crippen molar-refractivity contribution in [2.45, 2.75) is 25.1 Å². The highest BCUT2D eigenvalue weighted by Crippen LogP contribution is 2.42. The number of hydrogen-bond donors (Lipinski definition) is 1. The van der Waals surface area contributed by atoms with E-state index in [2.05, 4.69) is 31.3 Å². The van der Waals surface area contributed by atoms with E-state index in [1.165, 1.54) is 11.6 Å². The molecule has 0 aliphatic carbocycles. The van der Waals surface area contributed by atoms with E-state index in [0.717, 1.165) is 11.3 Å². The summed E-state index contributed by atoms with van der Waals surface area (Å²) in [5.41, 5.74) is 4.02. The van der Waals surface area contributed by atoms with Crippen LogP contribution in [0.4, 0.5) is 11.4 Å². The summed E-state index contributed by atoms with van der Waals surface area (Å²) in [6, 6.07) is 20.5. The van der Waals surface area contributed by atoms with E-state index in [9.17, 15) is 9.59 Å². The molecule has 1 atom stereocenters. The van der Waals surface area contributed by atoms with Crippen LogP contribution in [0.25, 0.3) is 0 Å². The lowest BCUT2D eigenvalue weighted by atomic mass is 10.0. The van der Waals surface area contributed by atoms with Gasteiger partial charge in [-0.25, -0.2) is 0 Å². The maximum absolute atomic E-state index is 12.7. The topological polar surface area (TPSA) is 49.4 Å². The van der Waals surface area contributed by atoms with Crippen LogP contribution in [-0.4, -0.2) is 17.6 Å². The lowest BCUT2D eigenvalue weighted by Crippen LogP contribution is -2.27. The zero-order chi connectivity index (χ0) is 22.8. The van der Waals surface area contributed by atoms with E-state index >= 15 is 0 Å². The SMILES string of the molecule is CC(C)c1ccc(N2C(=O)CSC2c2cccc(NC(=O)c3ccc(Cl)cc3Cl)c2)cc1. The second-order valence-corrected chi connectivity index (χ2v) is 9.79. The van der Waals surface area contributed by atoms with Gasteiger partial charge in [0.15, 0.2) is 0 Å². The first kappa shape index (κ1) is 22.7. The number of hydrogen-bond acceptors (Lipinski definition) is 3. The van der Waals surface area contributed by atoms with Gasteiger partial charge in [-0.2, -0.15) is 0 Å². The van der Waals surface area contributed by atoms with Crippen LogP contribution < -0.4 is 10.2 Å². The van der Waals surface area contributed by atoms with Crippen molar-refractivity contribution in [3.05, 3.63) is 93.5 Å². The van der Waals surface area contributed by atoms with Gasteiger partial charge < -0.3 is 5.32 Å². The van der Waals surface area contributed by atoms with Gasteiger partial charge in [-0.05, 0) is 59.5 Å². The van der Waals surface area contributed by atoms with E-state index in [0.29, 0.717) is 33.0 Å². The smallest absolute Gasteiger partial charge is 0.257 e. The van der Waals surface area contributed by atoms with Gasteiger partial charge in [0.1, 0.15) is 5.37 Å². The number of thioether (sulfide) groups is 1. The molecule has 1 N–H and O–H groups in total. The van der Waals surface area contributed by atoms with Gasteiger partial charge in [-0.3, -0.25) is 14.5 Å². The molecular weight excluding hydrogens is 463 g/mol. The molecule has 0 spiro atoms. The van der Waals surface area contributed by atoms with Crippen LogP contribution in [0.3, 0.4) is 0 Å². The van der Waals surface area contributed by atoms with Crippen molar-refractivity contribution in [3.8, 4) is 0 Å². The van der Waals surface area contributed by atoms with Crippen LogP contribution in [0.15, 0.2) is 66.7 Å². The minimum absolute atomic E-state index is 0.0691. The first-order chi connectivity index (χ1) is 15.3. The summed E-state index contributed by atoms with van der Waals surface area (Å²) in [6.07, 6.45) is 0. The van der Waals surface area contributed by atoms with E-state index < -0.39 is 0 Å². The van der Waals surface area contributed by atoms with Gasteiger partial charge in [0.25, 0.3) is 5.91 Å². The van der Waals surface area contributed by atoms with Crippen LogP contribution in [-0.2, 0) is 4.79 Å². The second kappa shape index (κ2) is 9.57. The minimum Gasteiger partial charge on any atom is -0.322 e. The molecule has 2 amide bonds. The van der Waals surface area contributed by atoms with Crippen LogP contribution >= 0.6 is 35.0 Å². The Labute approximate surface area is 201 Å². The number of benzene rings is 3. The third kappa shape index (κ3) is 4.80. The summed E-state index contributed by atoms with van der Waals surface area (Å²) in [5.74, 6) is 0.589. The molecule has 0 saturated carbocycles. The molecule has 164 valence electrons. The lowest BCUT2D eigenvalue weighted by Gasteiger charge is -2.25. The number of anilines is 2. The quantitative estimate of drug-likeness (QED) is 0.418. The highest BCUT2D eigenvalue weighted by Gasteiger charge is 2.34. The molecule has 4 nitrogen and oxygen atoms in total. The molecule has 1 heterocycles. The predicted molar refractivity (Wildman–Crippen MR) is 134 cm³/mol. The fraction of sp³-hybridized carbons (Fsp3) is 0.200. The monoisotopic (exact) mass is 484 g/mol. The summed E-state index contributed by atoms with van der Waals surface area (Å²) in [5, 5.41) is 3.49. The average molecular weight is 485 g/mol. The second-order valence-electron chi connectivity index (χ2n) is 7.88. The molecule has 0 radical (unpaired) electrons. The van der Waals surface area contributed by atoms with Gasteiger partial charge in [0.2, 0.25) is 5.91 Å². The molecule has 1 aliphatic heterocycles. The predicted octanol–water partition coefficient (Wildman–Crippen LogP) is 7.15. The standard InChI is InChI=1S/C25H22Cl2N2O2S/c1-15(2)16-6-9-20(10-7-16)29-23(30)14-32-25(29)17-4-3-5-19(12-17)28-24(31)21-11-8-18(26)13-22(21)27/h3-13,15,25H,14H2,1-2H3,(H,28,31). The maximum atomic E-state index is 12.7. The highest BCUT2D eigenvalue weighted by atomic mass is 35.5. The van der Waals surface area contributed by atoms with Crippen molar-refractivity contribution in [3.63, 3.8) is 0 Å². The van der Waals surface area contributed by atoms with Crippen molar-refractivity contribution in [1.29, 1.82) is 0 Å². The van der Waals surface area contributed by atoms with Gasteiger partial charge in [0.05, 0.1) is 16.3 Å². The summed E-state index contributed by atoms with van der Waals surface area (Å²) in [6.45, 7) is 4.29. The molecule has 1 saturated heterocycles. The van der Waals surface area contributed by atoms with E-state index in [1.807, 2.05) is 41.3 Å².